The molecule has 2 aromatic carbocycles. The topological polar surface area (TPSA) is 41.6 Å². The van der Waals surface area contributed by atoms with E-state index in [1.165, 1.54) is 24.8 Å². The van der Waals surface area contributed by atoms with E-state index in [0.717, 1.165) is 24.9 Å². The van der Waals surface area contributed by atoms with Crippen molar-refractivity contribution in [3.05, 3.63) is 71.8 Å². The molecule has 1 N–H and O–H groups in total. The number of hydrogen-bond donors (Lipinski definition) is 1. The lowest BCUT2D eigenvalue weighted by Gasteiger charge is -2.49. The molecular weight excluding hydrogens is 336 g/mol. The number of nitrogens with one attached hydrogen (secondary N) is 1. The average molecular weight is 364 g/mol. The van der Waals surface area contributed by atoms with E-state index in [1.807, 2.05) is 30.3 Å². The quantitative estimate of drug-likeness (QED) is 0.849. The van der Waals surface area contributed by atoms with E-state index in [-0.39, 0.29) is 12.1 Å². The molecule has 142 valence electrons. The Kier molecular flexibility index (Phi) is 5.73. The first kappa shape index (κ1) is 18.1. The minimum atomic E-state index is -0.293. The van der Waals surface area contributed by atoms with Gasteiger partial charge in [-0.15, -0.1) is 0 Å². The summed E-state index contributed by atoms with van der Waals surface area (Å²) in [5.41, 5.74) is 2.39. The van der Waals surface area contributed by atoms with Crippen molar-refractivity contribution in [3.63, 3.8) is 0 Å². The van der Waals surface area contributed by atoms with Crippen molar-refractivity contribution in [2.75, 3.05) is 0 Å². The van der Waals surface area contributed by atoms with Crippen LogP contribution in [0.3, 0.4) is 0 Å². The van der Waals surface area contributed by atoms with Crippen LogP contribution in [0.2, 0.25) is 0 Å². The third-order valence-electron chi connectivity index (χ3n) is 5.87. The van der Waals surface area contributed by atoms with E-state index in [2.05, 4.69) is 40.5 Å². The molecule has 2 heterocycles. The Morgan fingerprint density at radius 3 is 2.15 bits per heavy atom. The third-order valence-corrected chi connectivity index (χ3v) is 5.87. The standard InChI is InChI=1S/C23H28N2O2/c26-23(27-17-19-10-5-2-6-11-19)24-20-14-21-12-7-13-22(15-20)25(21)16-18-8-3-1-4-9-18/h1-6,8-11,20-22H,7,12-17H2,(H,24,26). The summed E-state index contributed by atoms with van der Waals surface area (Å²) >= 11 is 0. The number of hydrogen-bond acceptors (Lipinski definition) is 3. The Hall–Kier alpha value is -2.33. The second-order valence-electron chi connectivity index (χ2n) is 7.77. The van der Waals surface area contributed by atoms with E-state index in [4.69, 9.17) is 4.74 Å². The van der Waals surface area contributed by atoms with Gasteiger partial charge in [0.1, 0.15) is 6.61 Å². The van der Waals surface area contributed by atoms with Crippen LogP contribution in [0.15, 0.2) is 60.7 Å². The molecule has 4 nitrogen and oxygen atoms in total. The summed E-state index contributed by atoms with van der Waals surface area (Å²) in [7, 11) is 0. The maximum absolute atomic E-state index is 12.2. The lowest BCUT2D eigenvalue weighted by molar-refractivity contribution is 0.0167. The molecule has 4 rings (SSSR count). The van der Waals surface area contributed by atoms with Crippen molar-refractivity contribution < 1.29 is 9.53 Å². The highest BCUT2D eigenvalue weighted by atomic mass is 16.5. The van der Waals surface area contributed by atoms with Crippen LogP contribution in [0, 0.1) is 0 Å². The SMILES string of the molecule is O=C(NC1CC2CCCC(C1)N2Cc1ccccc1)OCc1ccccc1. The molecule has 4 heteroatoms. The monoisotopic (exact) mass is 364 g/mol. The summed E-state index contributed by atoms with van der Waals surface area (Å²) in [6.07, 6.45) is 5.49. The lowest BCUT2D eigenvalue weighted by Crippen LogP contribution is -2.56. The van der Waals surface area contributed by atoms with E-state index in [9.17, 15) is 4.79 Å². The average Bonchev–Trinajstić information content (AvgIpc) is 2.69. The molecule has 2 aliphatic heterocycles. The first-order chi connectivity index (χ1) is 13.3. The van der Waals surface area contributed by atoms with E-state index in [0.29, 0.717) is 18.7 Å². The van der Waals surface area contributed by atoms with Crippen molar-refractivity contribution in [2.24, 2.45) is 0 Å². The zero-order valence-corrected chi connectivity index (χ0v) is 15.7. The molecule has 2 aromatic rings. The maximum Gasteiger partial charge on any atom is 0.407 e. The first-order valence-corrected chi connectivity index (χ1v) is 10.0. The van der Waals surface area contributed by atoms with Gasteiger partial charge in [-0.3, -0.25) is 4.90 Å². The van der Waals surface area contributed by atoms with Crippen LogP contribution >= 0.6 is 0 Å². The zero-order chi connectivity index (χ0) is 18.5. The van der Waals surface area contributed by atoms with Crippen molar-refractivity contribution >= 4 is 6.09 Å². The number of carbonyl (C=O) groups excluding carboxylic acids is 1. The van der Waals surface area contributed by atoms with Gasteiger partial charge in [0, 0.05) is 24.7 Å². The predicted octanol–water partition coefficient (Wildman–Crippen LogP) is 4.50. The molecule has 2 saturated heterocycles. The molecule has 1 amide bonds. The summed E-state index contributed by atoms with van der Waals surface area (Å²) in [6, 6.07) is 21.9. The highest BCUT2D eigenvalue weighted by Gasteiger charge is 2.38. The zero-order valence-electron chi connectivity index (χ0n) is 15.7. The van der Waals surface area contributed by atoms with Crippen molar-refractivity contribution in [1.82, 2.24) is 10.2 Å². The molecule has 0 radical (unpaired) electrons. The summed E-state index contributed by atoms with van der Waals surface area (Å²) in [5.74, 6) is 0. The van der Waals surface area contributed by atoms with Crippen molar-refractivity contribution in [1.29, 1.82) is 0 Å². The second kappa shape index (κ2) is 8.57. The van der Waals surface area contributed by atoms with Gasteiger partial charge in [0.15, 0.2) is 0 Å². The number of carbonyl (C=O) groups is 1. The van der Waals surface area contributed by atoms with Gasteiger partial charge < -0.3 is 10.1 Å². The van der Waals surface area contributed by atoms with Crippen LogP contribution in [0.5, 0.6) is 0 Å². The number of piperidine rings is 2. The van der Waals surface area contributed by atoms with Gasteiger partial charge >= 0.3 is 6.09 Å². The lowest BCUT2D eigenvalue weighted by atomic mass is 9.81. The molecule has 0 saturated carbocycles. The summed E-state index contributed by atoms with van der Waals surface area (Å²) < 4.78 is 5.41. The van der Waals surface area contributed by atoms with Gasteiger partial charge in [-0.05, 0) is 36.8 Å². The number of ether oxygens (including phenoxy) is 1. The largest absolute Gasteiger partial charge is 0.445 e. The number of nitrogens with zero attached hydrogens (tertiary/aromatic N) is 1. The summed E-state index contributed by atoms with van der Waals surface area (Å²) in [6.45, 7) is 1.34. The molecule has 2 fully saturated rings. The van der Waals surface area contributed by atoms with Gasteiger partial charge in [0.25, 0.3) is 0 Å². The molecule has 27 heavy (non-hydrogen) atoms. The van der Waals surface area contributed by atoms with Crippen LogP contribution in [-0.2, 0) is 17.9 Å². The smallest absolute Gasteiger partial charge is 0.407 e. The summed E-state index contributed by atoms with van der Waals surface area (Å²) in [4.78, 5) is 14.9. The molecule has 2 unspecified atom stereocenters. The van der Waals surface area contributed by atoms with Crippen LogP contribution in [0.1, 0.15) is 43.2 Å². The Labute approximate surface area is 161 Å². The fourth-order valence-corrected chi connectivity index (χ4v) is 4.58. The highest BCUT2D eigenvalue weighted by Crippen LogP contribution is 2.35. The fraction of sp³-hybridized carbons (Fsp3) is 0.435. The van der Waals surface area contributed by atoms with Gasteiger partial charge in [0.2, 0.25) is 0 Å². The molecule has 0 aliphatic carbocycles. The molecule has 2 atom stereocenters. The van der Waals surface area contributed by atoms with Crippen LogP contribution < -0.4 is 5.32 Å². The van der Waals surface area contributed by atoms with Crippen molar-refractivity contribution in [3.8, 4) is 0 Å². The van der Waals surface area contributed by atoms with E-state index >= 15 is 0 Å². The predicted molar refractivity (Wildman–Crippen MR) is 106 cm³/mol. The van der Waals surface area contributed by atoms with Gasteiger partial charge in [-0.1, -0.05) is 67.1 Å². The number of fused-ring (bicyclic) bond motifs is 2. The number of alkyl carbamates (subject to hydrolysis) is 1. The number of amides is 1. The van der Waals surface area contributed by atoms with Gasteiger partial charge in [-0.2, -0.15) is 0 Å². The van der Waals surface area contributed by atoms with Gasteiger partial charge in [-0.25, -0.2) is 4.79 Å². The number of benzene rings is 2. The molecule has 2 aliphatic rings. The van der Waals surface area contributed by atoms with Crippen LogP contribution in [0.4, 0.5) is 4.79 Å². The Morgan fingerprint density at radius 2 is 1.52 bits per heavy atom. The highest BCUT2D eigenvalue weighted by molar-refractivity contribution is 5.67. The Balaban J connectivity index is 1.31. The first-order valence-electron chi connectivity index (χ1n) is 10.0. The van der Waals surface area contributed by atoms with E-state index < -0.39 is 0 Å². The second-order valence-corrected chi connectivity index (χ2v) is 7.77. The Morgan fingerprint density at radius 1 is 0.926 bits per heavy atom. The van der Waals surface area contributed by atoms with Crippen LogP contribution in [-0.4, -0.2) is 29.1 Å². The third kappa shape index (κ3) is 4.69. The minimum Gasteiger partial charge on any atom is -0.445 e. The molecule has 0 spiro atoms. The molecular formula is C23H28N2O2. The fourth-order valence-electron chi connectivity index (χ4n) is 4.58. The molecule has 2 bridgehead atoms. The minimum absolute atomic E-state index is 0.218. The molecule has 0 aromatic heterocycles. The Bertz CT molecular complexity index is 721. The summed E-state index contributed by atoms with van der Waals surface area (Å²) in [5, 5.41) is 3.11. The number of rotatable bonds is 5. The van der Waals surface area contributed by atoms with Gasteiger partial charge in [0.05, 0.1) is 0 Å². The van der Waals surface area contributed by atoms with Crippen molar-refractivity contribution in [2.45, 2.75) is 63.4 Å². The van der Waals surface area contributed by atoms with Crippen LogP contribution in [0.25, 0.3) is 0 Å². The normalized spacial score (nSPS) is 25.0. The maximum atomic E-state index is 12.2. The van der Waals surface area contributed by atoms with E-state index in [1.54, 1.807) is 0 Å².